The van der Waals surface area contributed by atoms with Crippen LogP contribution in [0.25, 0.3) is 0 Å². The molecule has 0 amide bonds. The molecule has 0 aliphatic heterocycles. The van der Waals surface area contributed by atoms with Gasteiger partial charge in [-0.05, 0) is 85.1 Å². The lowest BCUT2D eigenvalue weighted by atomic mass is 9.93. The average molecular weight is 782 g/mol. The summed E-state index contributed by atoms with van der Waals surface area (Å²) in [6.07, 6.45) is 1.80. The Hall–Kier alpha value is -2.26. The first-order chi connectivity index (χ1) is 20.7. The third-order valence-corrected chi connectivity index (χ3v) is 8.62. The van der Waals surface area contributed by atoms with Crippen LogP contribution >= 0.6 is 47.8 Å². The molecule has 0 radical (unpaired) electrons. The van der Waals surface area contributed by atoms with Crippen LogP contribution in [0.15, 0.2) is 93.9 Å². The van der Waals surface area contributed by atoms with Gasteiger partial charge in [0.25, 0.3) is 0 Å². The third-order valence-electron chi connectivity index (χ3n) is 7.00. The van der Waals surface area contributed by atoms with E-state index in [4.69, 9.17) is 9.47 Å². The number of benzene rings is 4. The molecule has 0 heterocycles. The van der Waals surface area contributed by atoms with Crippen molar-refractivity contribution in [2.24, 2.45) is 0 Å². The number of halogens is 5. The van der Waals surface area contributed by atoms with Crippen molar-refractivity contribution in [3.8, 4) is 11.5 Å². The molecule has 0 saturated carbocycles. The van der Waals surface area contributed by atoms with E-state index in [0.29, 0.717) is 35.8 Å². The molecule has 0 aliphatic carbocycles. The molecule has 0 fully saturated rings. The van der Waals surface area contributed by atoms with Crippen molar-refractivity contribution in [1.29, 1.82) is 0 Å². The first-order valence-electron chi connectivity index (χ1n) is 14.3. The summed E-state index contributed by atoms with van der Waals surface area (Å²) in [6.45, 7) is 6.08. The van der Waals surface area contributed by atoms with Gasteiger partial charge in [0, 0.05) is 38.2 Å². The van der Waals surface area contributed by atoms with Gasteiger partial charge in [0.1, 0.15) is 23.1 Å². The molecule has 43 heavy (non-hydrogen) atoms. The van der Waals surface area contributed by atoms with E-state index < -0.39 is 0 Å². The minimum Gasteiger partial charge on any atom is -0.493 e. The number of hydrogen-bond donors (Lipinski definition) is 1. The summed E-state index contributed by atoms with van der Waals surface area (Å²) in [4.78, 5) is 0. The molecule has 0 aromatic heterocycles. The highest BCUT2D eigenvalue weighted by atomic mass is 79.9. The highest BCUT2D eigenvalue weighted by molar-refractivity contribution is 9.10. The van der Waals surface area contributed by atoms with Gasteiger partial charge in [-0.2, -0.15) is 0 Å². The van der Waals surface area contributed by atoms with Crippen LogP contribution in [-0.2, 0) is 0 Å². The molecule has 3 nitrogen and oxygen atoms in total. The molecule has 0 bridgehead atoms. The minimum absolute atomic E-state index is 0.00596. The summed E-state index contributed by atoms with van der Waals surface area (Å²) in [5.74, 6) is 0.741. The van der Waals surface area contributed by atoms with Gasteiger partial charge in [-0.3, -0.25) is 0 Å². The first-order valence-corrected chi connectivity index (χ1v) is 17.0. The lowest BCUT2D eigenvalue weighted by Crippen LogP contribution is -2.11. The van der Waals surface area contributed by atoms with Crippen LogP contribution in [0.2, 0.25) is 0 Å². The van der Waals surface area contributed by atoms with Crippen LogP contribution in [0.5, 0.6) is 11.5 Å². The van der Waals surface area contributed by atoms with E-state index in [1.807, 2.05) is 93.7 Å². The van der Waals surface area contributed by atoms with E-state index in [2.05, 4.69) is 53.1 Å². The van der Waals surface area contributed by atoms with Crippen LogP contribution in [0.1, 0.15) is 60.8 Å². The lowest BCUT2D eigenvalue weighted by Gasteiger charge is -2.15. The SMILES string of the molecule is CC(c1ccc(Br)cc1)c1ccc(OCCCBr)cc1F.CNCCCOc1ccc(C(C)c2ccc(Br)cc2)c(F)c1. The number of ether oxygens (including phenoxy) is 2. The maximum absolute atomic E-state index is 14.3. The molecule has 4 rings (SSSR count). The van der Waals surface area contributed by atoms with E-state index in [-0.39, 0.29) is 23.5 Å². The van der Waals surface area contributed by atoms with Gasteiger partial charge in [-0.15, -0.1) is 0 Å². The largest absolute Gasteiger partial charge is 0.493 e. The molecule has 0 aliphatic rings. The predicted octanol–water partition coefficient (Wildman–Crippen LogP) is 10.6. The van der Waals surface area contributed by atoms with Crippen molar-refractivity contribution in [2.45, 2.75) is 38.5 Å². The van der Waals surface area contributed by atoms with Crippen molar-refractivity contribution >= 4 is 47.8 Å². The van der Waals surface area contributed by atoms with Gasteiger partial charge in [0.2, 0.25) is 0 Å². The Balaban J connectivity index is 0.000000236. The van der Waals surface area contributed by atoms with Crippen LogP contribution in [-0.4, -0.2) is 32.1 Å². The molecule has 0 spiro atoms. The zero-order valence-electron chi connectivity index (χ0n) is 24.7. The van der Waals surface area contributed by atoms with Gasteiger partial charge < -0.3 is 14.8 Å². The average Bonchev–Trinajstić information content (AvgIpc) is 3.00. The van der Waals surface area contributed by atoms with Gasteiger partial charge in [0.15, 0.2) is 0 Å². The maximum Gasteiger partial charge on any atom is 0.130 e. The molecular formula is C35H38Br3F2NO2. The standard InChI is InChI=1S/C18H21BrFNO.C17H17Br2FO/c1-13(14-4-6-15(19)7-5-14)17-9-8-16(12-18(17)20)22-11-3-10-21-2;1-12(13-3-5-14(19)6-4-13)16-8-7-15(11-17(16)20)21-10-2-9-18/h4-9,12-13,21H,3,10-11H2,1-2H3;3-8,11-12H,2,9-10H2,1H3. The predicted molar refractivity (Wildman–Crippen MR) is 184 cm³/mol. The first kappa shape index (κ1) is 35.2. The molecule has 1 N–H and O–H groups in total. The Morgan fingerprint density at radius 2 is 1.07 bits per heavy atom. The van der Waals surface area contributed by atoms with Gasteiger partial charge >= 0.3 is 0 Å². The number of nitrogens with one attached hydrogen (secondary N) is 1. The summed E-state index contributed by atoms with van der Waals surface area (Å²) in [5.41, 5.74) is 3.55. The fraction of sp³-hybridized carbons (Fsp3) is 0.314. The van der Waals surface area contributed by atoms with E-state index in [1.165, 1.54) is 12.1 Å². The molecule has 4 aromatic rings. The quantitative estimate of drug-likeness (QED) is 0.108. The minimum atomic E-state index is -0.221. The Kier molecular flexibility index (Phi) is 15.2. The van der Waals surface area contributed by atoms with Crippen LogP contribution in [0.3, 0.4) is 0 Å². The second-order valence-corrected chi connectivity index (χ2v) is 12.7. The topological polar surface area (TPSA) is 30.5 Å². The Labute approximate surface area is 279 Å². The molecular weight excluding hydrogens is 744 g/mol. The Bertz CT molecular complexity index is 1400. The monoisotopic (exact) mass is 779 g/mol. The van der Waals surface area contributed by atoms with Crippen molar-refractivity contribution in [1.82, 2.24) is 5.32 Å². The van der Waals surface area contributed by atoms with Gasteiger partial charge in [0.05, 0.1) is 13.2 Å². The van der Waals surface area contributed by atoms with Gasteiger partial charge in [-0.1, -0.05) is 98.0 Å². The van der Waals surface area contributed by atoms with E-state index in [1.54, 1.807) is 0 Å². The molecule has 8 heteroatoms. The summed E-state index contributed by atoms with van der Waals surface area (Å²) in [5, 5.41) is 3.94. The van der Waals surface area contributed by atoms with Crippen molar-refractivity contribution in [3.05, 3.63) is 128 Å². The molecule has 4 aromatic carbocycles. The van der Waals surface area contributed by atoms with E-state index in [9.17, 15) is 8.78 Å². The Morgan fingerprint density at radius 3 is 1.44 bits per heavy atom. The van der Waals surface area contributed by atoms with Crippen molar-refractivity contribution in [2.75, 3.05) is 32.1 Å². The second-order valence-electron chi connectivity index (χ2n) is 10.1. The summed E-state index contributed by atoms with van der Waals surface area (Å²) in [7, 11) is 1.90. The van der Waals surface area contributed by atoms with Crippen molar-refractivity contribution in [3.63, 3.8) is 0 Å². The summed E-state index contributed by atoms with van der Waals surface area (Å²) >= 11 is 10.2. The zero-order chi connectivity index (χ0) is 31.2. The van der Waals surface area contributed by atoms with E-state index >= 15 is 0 Å². The summed E-state index contributed by atoms with van der Waals surface area (Å²) in [6, 6.07) is 26.2. The maximum atomic E-state index is 14.3. The van der Waals surface area contributed by atoms with E-state index in [0.717, 1.165) is 44.8 Å². The fourth-order valence-corrected chi connectivity index (χ4v) is 5.20. The summed E-state index contributed by atoms with van der Waals surface area (Å²) < 4.78 is 41.7. The fourth-order valence-electron chi connectivity index (χ4n) is 4.44. The zero-order valence-corrected chi connectivity index (χ0v) is 29.4. The molecule has 2 atom stereocenters. The molecule has 230 valence electrons. The highest BCUT2D eigenvalue weighted by Gasteiger charge is 2.15. The van der Waals surface area contributed by atoms with Crippen LogP contribution in [0, 0.1) is 11.6 Å². The number of alkyl halides is 1. The smallest absolute Gasteiger partial charge is 0.130 e. The number of rotatable bonds is 13. The molecule has 0 saturated heterocycles. The lowest BCUT2D eigenvalue weighted by molar-refractivity contribution is 0.308. The Morgan fingerprint density at radius 1 is 0.651 bits per heavy atom. The highest BCUT2D eigenvalue weighted by Crippen LogP contribution is 2.31. The number of hydrogen-bond acceptors (Lipinski definition) is 3. The van der Waals surface area contributed by atoms with Crippen LogP contribution < -0.4 is 14.8 Å². The van der Waals surface area contributed by atoms with Crippen molar-refractivity contribution < 1.29 is 18.3 Å². The normalized spacial score (nSPS) is 12.2. The van der Waals surface area contributed by atoms with Gasteiger partial charge in [-0.25, -0.2) is 8.78 Å². The second kappa shape index (κ2) is 18.5. The third kappa shape index (κ3) is 11.3. The van der Waals surface area contributed by atoms with Crippen LogP contribution in [0.4, 0.5) is 8.78 Å². The molecule has 2 unspecified atom stereocenters.